The van der Waals surface area contributed by atoms with Gasteiger partial charge in [0.25, 0.3) is 0 Å². The largest absolute Gasteiger partial charge is 0.478 e. The van der Waals surface area contributed by atoms with Gasteiger partial charge in [-0.2, -0.15) is 0 Å². The van der Waals surface area contributed by atoms with Gasteiger partial charge in [-0.15, -0.1) is 0 Å². The number of nitrogens with one attached hydrogen (secondary N) is 2. The normalized spacial score (nSPS) is 11.3. The van der Waals surface area contributed by atoms with E-state index < -0.39 is 21.8 Å². The van der Waals surface area contributed by atoms with Gasteiger partial charge in [0.2, 0.25) is 10.0 Å². The zero-order valence-electron chi connectivity index (χ0n) is 10.3. The van der Waals surface area contributed by atoms with Gasteiger partial charge in [0.15, 0.2) is 0 Å². The van der Waals surface area contributed by atoms with E-state index in [2.05, 4.69) is 10.0 Å². The molecule has 0 amide bonds. The quantitative estimate of drug-likeness (QED) is 0.648. The van der Waals surface area contributed by atoms with Gasteiger partial charge in [-0.05, 0) is 18.6 Å². The van der Waals surface area contributed by atoms with Gasteiger partial charge in [-0.25, -0.2) is 22.3 Å². The van der Waals surface area contributed by atoms with Crippen molar-refractivity contribution in [2.75, 3.05) is 24.7 Å². The molecule has 0 heterocycles. The number of carbonyl (C=O) groups is 1. The van der Waals surface area contributed by atoms with Gasteiger partial charge in [0.1, 0.15) is 5.82 Å². The summed E-state index contributed by atoms with van der Waals surface area (Å²) in [6.45, 7) is 0.451. The number of hydrogen-bond donors (Lipinski definition) is 3. The van der Waals surface area contributed by atoms with E-state index in [0.29, 0.717) is 6.42 Å². The maximum absolute atomic E-state index is 13.5. The monoisotopic (exact) mass is 290 g/mol. The molecule has 0 bridgehead atoms. The van der Waals surface area contributed by atoms with E-state index in [1.807, 2.05) is 0 Å². The highest BCUT2D eigenvalue weighted by Crippen LogP contribution is 2.19. The number of sulfonamides is 1. The van der Waals surface area contributed by atoms with Crippen LogP contribution in [0.5, 0.6) is 0 Å². The van der Waals surface area contributed by atoms with Crippen LogP contribution in [0.15, 0.2) is 18.2 Å². The maximum Gasteiger partial charge on any atom is 0.337 e. The summed E-state index contributed by atoms with van der Waals surface area (Å²) in [5.74, 6) is -1.88. The van der Waals surface area contributed by atoms with E-state index in [0.717, 1.165) is 12.3 Å². The zero-order valence-corrected chi connectivity index (χ0v) is 11.1. The topological polar surface area (TPSA) is 95.5 Å². The van der Waals surface area contributed by atoms with Crippen LogP contribution in [0.2, 0.25) is 0 Å². The lowest BCUT2D eigenvalue weighted by Gasteiger charge is -2.10. The fourth-order valence-corrected chi connectivity index (χ4v) is 1.96. The Bertz CT molecular complexity index is 560. The third-order valence-corrected chi connectivity index (χ3v) is 2.99. The highest BCUT2D eigenvalue weighted by molar-refractivity contribution is 7.88. The molecule has 0 aliphatic heterocycles. The number of halogens is 1. The highest BCUT2D eigenvalue weighted by atomic mass is 32.2. The number of carboxylic acid groups (broad SMARTS) is 1. The molecule has 0 aliphatic carbocycles. The summed E-state index contributed by atoms with van der Waals surface area (Å²) in [6.07, 6.45) is 1.44. The molecule has 0 saturated heterocycles. The third kappa shape index (κ3) is 5.23. The van der Waals surface area contributed by atoms with Crippen molar-refractivity contribution in [3.63, 3.8) is 0 Å². The molecule has 1 aromatic rings. The molecule has 106 valence electrons. The average molecular weight is 290 g/mol. The number of carboxylic acids is 1. The minimum atomic E-state index is -3.24. The fraction of sp³-hybridized carbons (Fsp3) is 0.364. The second kappa shape index (κ2) is 6.48. The summed E-state index contributed by atoms with van der Waals surface area (Å²) in [7, 11) is -3.24. The molecule has 0 spiro atoms. The zero-order chi connectivity index (χ0) is 14.5. The number of hydrogen-bond acceptors (Lipinski definition) is 4. The molecule has 6 nitrogen and oxygen atoms in total. The van der Waals surface area contributed by atoms with E-state index in [-0.39, 0.29) is 24.3 Å². The molecule has 3 N–H and O–H groups in total. The summed E-state index contributed by atoms with van der Waals surface area (Å²) in [4.78, 5) is 10.9. The Morgan fingerprint density at radius 1 is 1.37 bits per heavy atom. The van der Waals surface area contributed by atoms with Crippen LogP contribution in [-0.4, -0.2) is 38.8 Å². The fourth-order valence-electron chi connectivity index (χ4n) is 1.44. The molecule has 1 aromatic carbocycles. The molecular formula is C11H15FN2O4S. The van der Waals surface area contributed by atoms with E-state index in [4.69, 9.17) is 5.11 Å². The van der Waals surface area contributed by atoms with Gasteiger partial charge >= 0.3 is 5.97 Å². The van der Waals surface area contributed by atoms with Crippen molar-refractivity contribution in [2.24, 2.45) is 0 Å². The number of benzene rings is 1. The van der Waals surface area contributed by atoms with Crippen LogP contribution >= 0.6 is 0 Å². The van der Waals surface area contributed by atoms with Crippen molar-refractivity contribution in [2.45, 2.75) is 6.42 Å². The predicted molar refractivity (Wildman–Crippen MR) is 69.3 cm³/mol. The smallest absolute Gasteiger partial charge is 0.337 e. The Kier molecular flexibility index (Phi) is 5.25. The van der Waals surface area contributed by atoms with Crippen LogP contribution in [-0.2, 0) is 10.0 Å². The van der Waals surface area contributed by atoms with Crippen LogP contribution in [0, 0.1) is 5.82 Å². The first-order valence-electron chi connectivity index (χ1n) is 5.51. The van der Waals surface area contributed by atoms with Crippen molar-refractivity contribution >= 4 is 21.7 Å². The average Bonchev–Trinajstić information content (AvgIpc) is 2.28. The Morgan fingerprint density at radius 2 is 2.05 bits per heavy atom. The minimum absolute atomic E-state index is 0.0886. The molecule has 1 rings (SSSR count). The van der Waals surface area contributed by atoms with Gasteiger partial charge in [0, 0.05) is 13.1 Å². The van der Waals surface area contributed by atoms with E-state index >= 15 is 0 Å². The predicted octanol–water partition coefficient (Wildman–Crippen LogP) is 0.875. The summed E-state index contributed by atoms with van der Waals surface area (Å²) in [5.41, 5.74) is -0.245. The van der Waals surface area contributed by atoms with Crippen LogP contribution in [0.3, 0.4) is 0 Å². The lowest BCUT2D eigenvalue weighted by atomic mass is 10.1. The molecule has 0 fully saturated rings. The van der Waals surface area contributed by atoms with Gasteiger partial charge in [-0.1, -0.05) is 6.07 Å². The van der Waals surface area contributed by atoms with Gasteiger partial charge < -0.3 is 10.4 Å². The summed E-state index contributed by atoms with van der Waals surface area (Å²) >= 11 is 0. The first-order valence-corrected chi connectivity index (χ1v) is 7.40. The lowest BCUT2D eigenvalue weighted by Crippen LogP contribution is -2.24. The second-order valence-electron chi connectivity index (χ2n) is 3.91. The molecule has 0 unspecified atom stereocenters. The first kappa shape index (κ1) is 15.4. The van der Waals surface area contributed by atoms with Crippen molar-refractivity contribution in [1.82, 2.24) is 4.72 Å². The van der Waals surface area contributed by atoms with Crippen molar-refractivity contribution in [3.8, 4) is 0 Å². The molecule has 0 aromatic heterocycles. The number of aromatic carboxylic acids is 1. The third-order valence-electron chi connectivity index (χ3n) is 2.26. The van der Waals surface area contributed by atoms with E-state index in [1.165, 1.54) is 12.1 Å². The first-order chi connectivity index (χ1) is 8.81. The van der Waals surface area contributed by atoms with Crippen LogP contribution in [0.25, 0.3) is 0 Å². The van der Waals surface area contributed by atoms with Gasteiger partial charge in [-0.3, -0.25) is 0 Å². The Morgan fingerprint density at radius 3 is 2.63 bits per heavy atom. The summed E-state index contributed by atoms with van der Waals surface area (Å²) in [5, 5.41) is 11.6. The van der Waals surface area contributed by atoms with Crippen LogP contribution in [0.1, 0.15) is 16.8 Å². The molecule has 8 heteroatoms. The summed E-state index contributed by atoms with van der Waals surface area (Å²) < 4.78 is 37.3. The lowest BCUT2D eigenvalue weighted by molar-refractivity contribution is 0.0697. The minimum Gasteiger partial charge on any atom is -0.478 e. The van der Waals surface area contributed by atoms with Crippen LogP contribution < -0.4 is 10.0 Å². The standard InChI is InChI=1S/C11H15FN2O4S/c1-19(17,18)14-7-3-6-13-10-8(11(15)16)4-2-5-9(10)12/h2,4-5,13-14H,3,6-7H2,1H3,(H,15,16). The van der Waals surface area contributed by atoms with Crippen molar-refractivity contribution in [1.29, 1.82) is 0 Å². The molecule has 0 atom stereocenters. The van der Waals surface area contributed by atoms with Crippen LogP contribution in [0.4, 0.5) is 10.1 Å². The SMILES string of the molecule is CS(=O)(=O)NCCCNc1c(F)cccc1C(=O)O. The Labute approximate surface area is 110 Å². The highest BCUT2D eigenvalue weighted by Gasteiger charge is 2.13. The number of anilines is 1. The molecular weight excluding hydrogens is 275 g/mol. The maximum atomic E-state index is 13.5. The summed E-state index contributed by atoms with van der Waals surface area (Å²) in [6, 6.07) is 3.77. The molecule has 0 aliphatic rings. The Hall–Kier alpha value is -1.67. The second-order valence-corrected chi connectivity index (χ2v) is 5.75. The molecule has 0 radical (unpaired) electrons. The number of para-hydroxylation sites is 1. The molecule has 19 heavy (non-hydrogen) atoms. The van der Waals surface area contributed by atoms with Crippen molar-refractivity contribution < 1.29 is 22.7 Å². The van der Waals surface area contributed by atoms with Crippen molar-refractivity contribution in [3.05, 3.63) is 29.6 Å². The van der Waals surface area contributed by atoms with Gasteiger partial charge in [0.05, 0.1) is 17.5 Å². The molecule has 0 saturated carbocycles. The van der Waals surface area contributed by atoms with E-state index in [1.54, 1.807) is 0 Å². The Balaban J connectivity index is 2.56. The van der Waals surface area contributed by atoms with E-state index in [9.17, 15) is 17.6 Å². The number of rotatable bonds is 7.